The number of nitrogens with one attached hydrogen (secondary N) is 2. The first-order chi connectivity index (χ1) is 14.4. The molecule has 0 bridgehead atoms. The van der Waals surface area contributed by atoms with Gasteiger partial charge in [0.05, 0.1) is 19.3 Å². The minimum atomic E-state index is -0.0227. The number of guanidine groups is 1. The summed E-state index contributed by atoms with van der Waals surface area (Å²) in [5.74, 6) is 1.21. The van der Waals surface area contributed by atoms with Gasteiger partial charge in [-0.3, -0.25) is 14.5 Å². The number of ether oxygens (including phenoxy) is 1. The van der Waals surface area contributed by atoms with Crippen molar-refractivity contribution in [2.24, 2.45) is 18.0 Å². The number of benzene rings is 1. The van der Waals surface area contributed by atoms with Crippen molar-refractivity contribution in [1.82, 2.24) is 20.0 Å². The summed E-state index contributed by atoms with van der Waals surface area (Å²) < 4.78 is 7.72. The van der Waals surface area contributed by atoms with Crippen LogP contribution in [0, 0.1) is 5.92 Å². The predicted molar refractivity (Wildman–Crippen MR) is 134 cm³/mol. The fourth-order valence-electron chi connectivity index (χ4n) is 3.50. The standard InChI is InChI=1S/C22H32N6O2.HI/c1-16(2)10-21(29)26-19-7-5-6-17(11-19)12-24-22(23-3)28-8-9-30-20(15-28)18-13-25-27(4)14-18;/h5-7,11,13-14,16,20H,8-10,12,15H2,1-4H3,(H,23,24)(H,26,29);1H. The molecule has 2 aromatic rings. The highest BCUT2D eigenvalue weighted by Crippen LogP contribution is 2.21. The largest absolute Gasteiger partial charge is 0.370 e. The van der Waals surface area contributed by atoms with Crippen molar-refractivity contribution in [3.8, 4) is 0 Å². The normalized spacial score (nSPS) is 16.7. The number of hydrogen-bond acceptors (Lipinski definition) is 4. The molecule has 1 aromatic carbocycles. The number of anilines is 1. The van der Waals surface area contributed by atoms with Crippen molar-refractivity contribution in [3.05, 3.63) is 47.8 Å². The van der Waals surface area contributed by atoms with Crippen LogP contribution in [0.1, 0.15) is 37.5 Å². The van der Waals surface area contributed by atoms with Crippen molar-refractivity contribution < 1.29 is 9.53 Å². The Morgan fingerprint density at radius 1 is 1.39 bits per heavy atom. The Balaban J connectivity index is 0.00000341. The summed E-state index contributed by atoms with van der Waals surface area (Å²) in [6, 6.07) is 7.90. The van der Waals surface area contributed by atoms with E-state index in [1.54, 1.807) is 11.7 Å². The number of aryl methyl sites for hydroxylation is 1. The molecule has 170 valence electrons. The van der Waals surface area contributed by atoms with Gasteiger partial charge in [0, 0.05) is 51.1 Å². The molecular weight excluding hydrogens is 507 g/mol. The van der Waals surface area contributed by atoms with E-state index in [1.165, 1.54) is 0 Å². The summed E-state index contributed by atoms with van der Waals surface area (Å²) in [6.07, 6.45) is 4.34. The van der Waals surface area contributed by atoms with Gasteiger partial charge in [0.2, 0.25) is 5.91 Å². The molecule has 1 saturated heterocycles. The summed E-state index contributed by atoms with van der Waals surface area (Å²) >= 11 is 0. The minimum Gasteiger partial charge on any atom is -0.370 e. The van der Waals surface area contributed by atoms with Crippen LogP contribution in [0.15, 0.2) is 41.7 Å². The first-order valence-electron chi connectivity index (χ1n) is 10.4. The highest BCUT2D eigenvalue weighted by Gasteiger charge is 2.25. The van der Waals surface area contributed by atoms with Gasteiger partial charge in [0.25, 0.3) is 0 Å². The zero-order valence-electron chi connectivity index (χ0n) is 18.7. The van der Waals surface area contributed by atoms with Crippen LogP contribution in [0.5, 0.6) is 0 Å². The van der Waals surface area contributed by atoms with E-state index in [4.69, 9.17) is 4.74 Å². The highest BCUT2D eigenvalue weighted by atomic mass is 127. The third kappa shape index (κ3) is 7.49. The van der Waals surface area contributed by atoms with Crippen LogP contribution in [0.2, 0.25) is 0 Å². The molecule has 1 unspecified atom stereocenters. The van der Waals surface area contributed by atoms with E-state index in [-0.39, 0.29) is 36.0 Å². The van der Waals surface area contributed by atoms with Crippen molar-refractivity contribution in [2.45, 2.75) is 32.9 Å². The maximum atomic E-state index is 12.0. The summed E-state index contributed by atoms with van der Waals surface area (Å²) in [4.78, 5) is 18.7. The molecular formula is C22H33IN6O2. The van der Waals surface area contributed by atoms with Crippen molar-refractivity contribution in [2.75, 3.05) is 32.1 Å². The number of morpholine rings is 1. The van der Waals surface area contributed by atoms with E-state index in [0.717, 1.165) is 35.9 Å². The Bertz CT molecular complexity index is 882. The van der Waals surface area contributed by atoms with E-state index in [2.05, 4.69) is 25.6 Å². The quantitative estimate of drug-likeness (QED) is 0.334. The maximum Gasteiger partial charge on any atom is 0.224 e. The van der Waals surface area contributed by atoms with E-state index in [0.29, 0.717) is 25.5 Å². The third-order valence-corrected chi connectivity index (χ3v) is 4.93. The van der Waals surface area contributed by atoms with E-state index in [9.17, 15) is 4.79 Å². The van der Waals surface area contributed by atoms with Gasteiger partial charge in [0.1, 0.15) is 6.10 Å². The zero-order valence-corrected chi connectivity index (χ0v) is 21.0. The Hall–Kier alpha value is -2.14. The predicted octanol–water partition coefficient (Wildman–Crippen LogP) is 3.17. The lowest BCUT2D eigenvalue weighted by atomic mass is 10.1. The molecule has 0 saturated carbocycles. The molecule has 9 heteroatoms. The summed E-state index contributed by atoms with van der Waals surface area (Å²) in [7, 11) is 3.70. The lowest BCUT2D eigenvalue weighted by molar-refractivity contribution is -0.116. The number of nitrogens with zero attached hydrogens (tertiary/aromatic N) is 4. The van der Waals surface area contributed by atoms with Crippen molar-refractivity contribution in [1.29, 1.82) is 0 Å². The Labute approximate surface area is 201 Å². The molecule has 31 heavy (non-hydrogen) atoms. The van der Waals surface area contributed by atoms with Crippen LogP contribution in [-0.4, -0.2) is 53.3 Å². The lowest BCUT2D eigenvalue weighted by Gasteiger charge is -2.34. The summed E-state index contributed by atoms with van der Waals surface area (Å²) in [6.45, 7) is 6.83. The average Bonchev–Trinajstić information content (AvgIpc) is 3.15. The molecule has 1 atom stereocenters. The van der Waals surface area contributed by atoms with Crippen molar-refractivity contribution in [3.63, 3.8) is 0 Å². The Morgan fingerprint density at radius 3 is 2.87 bits per heavy atom. The zero-order chi connectivity index (χ0) is 21.5. The molecule has 3 rings (SSSR count). The molecule has 0 spiro atoms. The number of carbonyl (C=O) groups excluding carboxylic acids is 1. The number of rotatable bonds is 6. The lowest BCUT2D eigenvalue weighted by Crippen LogP contribution is -2.47. The van der Waals surface area contributed by atoms with Crippen LogP contribution in [0.25, 0.3) is 0 Å². The number of halogens is 1. The first-order valence-corrected chi connectivity index (χ1v) is 10.4. The second-order valence-electron chi connectivity index (χ2n) is 8.00. The van der Waals surface area contributed by atoms with Gasteiger partial charge in [-0.2, -0.15) is 5.10 Å². The summed E-state index contributed by atoms with van der Waals surface area (Å²) in [5.41, 5.74) is 2.97. The molecule has 2 heterocycles. The van der Waals surface area contributed by atoms with Gasteiger partial charge in [-0.05, 0) is 23.6 Å². The number of amides is 1. The maximum absolute atomic E-state index is 12.0. The second kappa shape index (κ2) is 12.0. The summed E-state index contributed by atoms with van der Waals surface area (Å²) in [5, 5.41) is 10.6. The van der Waals surface area contributed by atoms with Crippen molar-refractivity contribution >= 4 is 41.5 Å². The minimum absolute atomic E-state index is 0. The van der Waals surface area contributed by atoms with E-state index >= 15 is 0 Å². The molecule has 1 aliphatic rings. The molecule has 0 aliphatic carbocycles. The number of aromatic nitrogens is 2. The Kier molecular flexibility index (Phi) is 9.76. The molecule has 1 aliphatic heterocycles. The van der Waals surface area contributed by atoms with Gasteiger partial charge < -0.3 is 20.3 Å². The molecule has 1 aromatic heterocycles. The van der Waals surface area contributed by atoms with E-state index in [1.807, 2.05) is 57.6 Å². The topological polar surface area (TPSA) is 83.8 Å². The fourth-order valence-corrected chi connectivity index (χ4v) is 3.50. The SMILES string of the molecule is CN=C(NCc1cccc(NC(=O)CC(C)C)c1)N1CCOC(c2cnn(C)c2)C1.I. The number of aliphatic imine (C=N–C) groups is 1. The third-order valence-electron chi connectivity index (χ3n) is 4.93. The van der Waals surface area contributed by atoms with Crippen LogP contribution in [0.4, 0.5) is 5.69 Å². The second-order valence-corrected chi connectivity index (χ2v) is 8.00. The van der Waals surface area contributed by atoms with Crippen LogP contribution < -0.4 is 10.6 Å². The van der Waals surface area contributed by atoms with Gasteiger partial charge >= 0.3 is 0 Å². The van der Waals surface area contributed by atoms with Gasteiger partial charge in [-0.25, -0.2) is 0 Å². The number of carbonyl (C=O) groups is 1. The average molecular weight is 540 g/mol. The van der Waals surface area contributed by atoms with Crippen LogP contribution >= 0.6 is 24.0 Å². The highest BCUT2D eigenvalue weighted by molar-refractivity contribution is 14.0. The van der Waals surface area contributed by atoms with Crippen LogP contribution in [-0.2, 0) is 23.1 Å². The molecule has 2 N–H and O–H groups in total. The van der Waals surface area contributed by atoms with E-state index < -0.39 is 0 Å². The molecule has 1 amide bonds. The van der Waals surface area contributed by atoms with Crippen LogP contribution in [0.3, 0.4) is 0 Å². The molecule has 0 radical (unpaired) electrons. The molecule has 1 fully saturated rings. The Morgan fingerprint density at radius 2 is 2.19 bits per heavy atom. The smallest absolute Gasteiger partial charge is 0.224 e. The van der Waals surface area contributed by atoms with Gasteiger partial charge in [-0.1, -0.05) is 26.0 Å². The first kappa shape index (κ1) is 25.1. The molecule has 8 nitrogen and oxygen atoms in total. The van der Waals surface area contributed by atoms with Gasteiger partial charge in [0.15, 0.2) is 5.96 Å². The van der Waals surface area contributed by atoms with Gasteiger partial charge in [-0.15, -0.1) is 24.0 Å². The number of hydrogen-bond donors (Lipinski definition) is 2. The fraction of sp³-hybridized carbons (Fsp3) is 0.500. The monoisotopic (exact) mass is 540 g/mol.